The molecule has 0 heterocycles. The fraction of sp³-hybridized carbons (Fsp3) is 0.267. The molecule has 0 saturated carbocycles. The fourth-order valence-electron chi connectivity index (χ4n) is 1.54. The van der Waals surface area contributed by atoms with Crippen LogP contribution in [0.5, 0.6) is 5.75 Å². The van der Waals surface area contributed by atoms with E-state index in [9.17, 15) is 9.59 Å². The van der Waals surface area contributed by atoms with Crippen LogP contribution in [0.4, 0.5) is 0 Å². The first kappa shape index (κ1) is 19.0. The highest BCUT2D eigenvalue weighted by molar-refractivity contribution is 9.10. The monoisotopic (exact) mass is 400 g/mol. The predicted molar refractivity (Wildman–Crippen MR) is 88.9 cm³/mol. The average Bonchev–Trinajstić information content (AvgIpc) is 2.50. The van der Waals surface area contributed by atoms with Gasteiger partial charge in [-0.1, -0.05) is 11.6 Å². The Hall–Kier alpha value is -2.04. The number of hydrogen-bond acceptors (Lipinski definition) is 5. The minimum atomic E-state index is -0.541. The van der Waals surface area contributed by atoms with Crippen molar-refractivity contribution in [1.82, 2.24) is 4.90 Å². The standard InChI is InChI=1S/C15H14BrClN2O4/c1-19(2)15(21)10(7-18)4-9-5-11(16)14(12(17)6-9)23-8-13(20)22-3/h4-6H,8H2,1-3H3/b10-4-. The molecule has 122 valence electrons. The molecule has 0 bridgehead atoms. The molecular weight excluding hydrogens is 388 g/mol. The van der Waals surface area contributed by atoms with E-state index in [0.717, 1.165) is 0 Å². The number of carbonyl (C=O) groups excluding carboxylic acids is 2. The zero-order valence-electron chi connectivity index (χ0n) is 12.7. The van der Waals surface area contributed by atoms with E-state index in [1.807, 2.05) is 6.07 Å². The first-order valence-corrected chi connectivity index (χ1v) is 7.49. The molecule has 1 aromatic carbocycles. The third-order valence-corrected chi connectivity index (χ3v) is 3.52. The molecule has 0 fully saturated rings. The van der Waals surface area contributed by atoms with Gasteiger partial charge in [-0.2, -0.15) is 5.26 Å². The molecule has 0 radical (unpaired) electrons. The second kappa shape index (κ2) is 8.56. The Labute approximate surface area is 147 Å². The Morgan fingerprint density at radius 2 is 2.09 bits per heavy atom. The van der Waals surface area contributed by atoms with Gasteiger partial charge in [0.2, 0.25) is 0 Å². The van der Waals surface area contributed by atoms with Crippen molar-refractivity contribution in [2.45, 2.75) is 0 Å². The Kier molecular flexibility index (Phi) is 7.07. The Balaban J connectivity index is 3.11. The summed E-state index contributed by atoms with van der Waals surface area (Å²) in [6, 6.07) is 5.00. The van der Waals surface area contributed by atoms with Gasteiger partial charge in [0.25, 0.3) is 5.91 Å². The molecule has 1 amide bonds. The molecule has 8 heteroatoms. The van der Waals surface area contributed by atoms with E-state index in [4.69, 9.17) is 21.6 Å². The van der Waals surface area contributed by atoms with Gasteiger partial charge in [-0.25, -0.2) is 4.79 Å². The number of hydrogen-bond donors (Lipinski definition) is 0. The van der Waals surface area contributed by atoms with Gasteiger partial charge in [0.15, 0.2) is 12.4 Å². The van der Waals surface area contributed by atoms with E-state index < -0.39 is 11.9 Å². The molecule has 0 aliphatic heterocycles. The lowest BCUT2D eigenvalue weighted by atomic mass is 10.1. The van der Waals surface area contributed by atoms with Crippen LogP contribution in [-0.4, -0.2) is 44.6 Å². The molecule has 0 unspecified atom stereocenters. The van der Waals surface area contributed by atoms with Gasteiger partial charge in [-0.15, -0.1) is 0 Å². The third kappa shape index (κ3) is 5.27. The van der Waals surface area contributed by atoms with E-state index in [1.165, 1.54) is 24.2 Å². The number of likely N-dealkylation sites (N-methyl/N-ethyl adjacent to an activating group) is 1. The number of methoxy groups -OCH3 is 1. The van der Waals surface area contributed by atoms with E-state index in [2.05, 4.69) is 20.7 Å². The molecule has 0 aliphatic carbocycles. The van der Waals surface area contributed by atoms with Crippen LogP contribution in [0.2, 0.25) is 5.02 Å². The highest BCUT2D eigenvalue weighted by atomic mass is 79.9. The summed E-state index contributed by atoms with van der Waals surface area (Å²) in [6.45, 7) is -0.285. The lowest BCUT2D eigenvalue weighted by Crippen LogP contribution is -2.22. The zero-order valence-corrected chi connectivity index (χ0v) is 15.1. The van der Waals surface area contributed by atoms with Crippen molar-refractivity contribution in [3.63, 3.8) is 0 Å². The second-order valence-electron chi connectivity index (χ2n) is 4.55. The molecule has 0 aromatic heterocycles. The van der Waals surface area contributed by atoms with Crippen molar-refractivity contribution in [2.24, 2.45) is 0 Å². The van der Waals surface area contributed by atoms with Gasteiger partial charge in [0.05, 0.1) is 16.6 Å². The van der Waals surface area contributed by atoms with Crippen LogP contribution in [0.1, 0.15) is 5.56 Å². The maximum absolute atomic E-state index is 11.8. The van der Waals surface area contributed by atoms with Gasteiger partial charge in [-0.05, 0) is 39.7 Å². The molecule has 0 aliphatic rings. The smallest absolute Gasteiger partial charge is 0.343 e. The van der Waals surface area contributed by atoms with Crippen molar-refractivity contribution in [1.29, 1.82) is 5.26 Å². The highest BCUT2D eigenvalue weighted by Gasteiger charge is 2.14. The molecular formula is C15H14BrClN2O4. The molecule has 1 aromatic rings. The van der Waals surface area contributed by atoms with E-state index in [-0.39, 0.29) is 23.0 Å². The minimum absolute atomic E-state index is 0.0267. The molecule has 0 saturated heterocycles. The summed E-state index contributed by atoms with van der Waals surface area (Å²) < 4.78 is 10.2. The van der Waals surface area contributed by atoms with Crippen LogP contribution in [0.15, 0.2) is 22.2 Å². The van der Waals surface area contributed by atoms with E-state index in [1.54, 1.807) is 20.2 Å². The number of esters is 1. The number of carbonyl (C=O) groups is 2. The summed E-state index contributed by atoms with van der Waals surface area (Å²) in [5, 5.41) is 9.31. The van der Waals surface area contributed by atoms with Gasteiger partial charge in [-0.3, -0.25) is 4.79 Å². The molecule has 1 rings (SSSR count). The van der Waals surface area contributed by atoms with Crippen LogP contribution in [0.25, 0.3) is 6.08 Å². The minimum Gasteiger partial charge on any atom is -0.479 e. The average molecular weight is 402 g/mol. The van der Waals surface area contributed by atoms with Crippen molar-refractivity contribution >= 4 is 45.5 Å². The SMILES string of the molecule is COC(=O)COc1c(Cl)cc(/C=C(/C#N)C(=O)N(C)C)cc1Br. The van der Waals surface area contributed by atoms with Crippen molar-refractivity contribution in [3.05, 3.63) is 32.8 Å². The maximum Gasteiger partial charge on any atom is 0.343 e. The second-order valence-corrected chi connectivity index (χ2v) is 5.81. The first-order valence-electron chi connectivity index (χ1n) is 6.32. The van der Waals surface area contributed by atoms with Crippen molar-refractivity contribution < 1.29 is 19.1 Å². The summed E-state index contributed by atoms with van der Waals surface area (Å²) in [6.07, 6.45) is 1.42. The Bertz CT molecular complexity index is 672. The third-order valence-electron chi connectivity index (χ3n) is 2.65. The zero-order chi connectivity index (χ0) is 17.6. The maximum atomic E-state index is 11.8. The van der Waals surface area contributed by atoms with Crippen LogP contribution in [0, 0.1) is 11.3 Å². The van der Waals surface area contributed by atoms with Crippen molar-refractivity contribution in [2.75, 3.05) is 27.8 Å². The van der Waals surface area contributed by atoms with Crippen LogP contribution < -0.4 is 4.74 Å². The number of amides is 1. The molecule has 6 nitrogen and oxygen atoms in total. The Morgan fingerprint density at radius 3 is 2.57 bits per heavy atom. The molecule has 0 atom stereocenters. The van der Waals surface area contributed by atoms with Gasteiger partial charge in [0.1, 0.15) is 11.6 Å². The van der Waals surface area contributed by atoms with Crippen LogP contribution >= 0.6 is 27.5 Å². The highest BCUT2D eigenvalue weighted by Crippen LogP contribution is 2.35. The first-order chi connectivity index (χ1) is 10.8. The lowest BCUT2D eigenvalue weighted by Gasteiger charge is -2.11. The summed E-state index contributed by atoms with van der Waals surface area (Å²) in [5.74, 6) is -0.683. The van der Waals surface area contributed by atoms with Crippen molar-refractivity contribution in [3.8, 4) is 11.8 Å². The summed E-state index contributed by atoms with van der Waals surface area (Å²) in [7, 11) is 4.36. The quantitative estimate of drug-likeness (QED) is 0.430. The van der Waals surface area contributed by atoms with E-state index in [0.29, 0.717) is 10.0 Å². The number of rotatable bonds is 5. The summed E-state index contributed by atoms with van der Waals surface area (Å²) in [5.41, 5.74) is 0.514. The topological polar surface area (TPSA) is 79.6 Å². The van der Waals surface area contributed by atoms with Crippen LogP contribution in [-0.2, 0) is 14.3 Å². The number of nitrogens with zero attached hydrogens (tertiary/aromatic N) is 2. The van der Waals surface area contributed by atoms with Gasteiger partial charge >= 0.3 is 5.97 Å². The number of halogens is 2. The number of benzene rings is 1. The molecule has 0 spiro atoms. The van der Waals surface area contributed by atoms with Gasteiger partial charge < -0.3 is 14.4 Å². The number of ether oxygens (including phenoxy) is 2. The van der Waals surface area contributed by atoms with Crippen LogP contribution in [0.3, 0.4) is 0 Å². The Morgan fingerprint density at radius 1 is 1.43 bits per heavy atom. The summed E-state index contributed by atoms with van der Waals surface area (Å²) >= 11 is 9.39. The summed E-state index contributed by atoms with van der Waals surface area (Å²) in [4.78, 5) is 24.2. The fourth-order valence-corrected chi connectivity index (χ4v) is 2.53. The predicted octanol–water partition coefficient (Wildman–Crippen LogP) is 2.65. The molecule has 0 N–H and O–H groups in total. The number of nitriles is 1. The largest absolute Gasteiger partial charge is 0.479 e. The van der Waals surface area contributed by atoms with Gasteiger partial charge in [0, 0.05) is 14.1 Å². The lowest BCUT2D eigenvalue weighted by molar-refractivity contribution is -0.142. The molecule has 23 heavy (non-hydrogen) atoms. The van der Waals surface area contributed by atoms with E-state index >= 15 is 0 Å². The normalized spacial score (nSPS) is 10.7.